The zero-order valence-corrected chi connectivity index (χ0v) is 18.9. The van der Waals surface area contributed by atoms with Gasteiger partial charge in [-0.1, -0.05) is 60.7 Å². The molecule has 1 aliphatic rings. The van der Waals surface area contributed by atoms with Gasteiger partial charge in [0.25, 0.3) is 0 Å². The minimum Gasteiger partial charge on any atom is -0.354 e. The first-order chi connectivity index (χ1) is 15.0. The van der Waals surface area contributed by atoms with Gasteiger partial charge in [0.2, 0.25) is 5.91 Å². The smallest absolute Gasteiger partial charge is 0.243 e. The Bertz CT molecular complexity index is 830. The monoisotopic (exact) mass is 421 g/mol. The SMILES string of the molecule is CC(NC(=NCC(=O)N(C)C)NC1CCN(Cc2ccccc2)CC1)c1ccccc1. The van der Waals surface area contributed by atoms with Gasteiger partial charge >= 0.3 is 0 Å². The largest absolute Gasteiger partial charge is 0.354 e. The summed E-state index contributed by atoms with van der Waals surface area (Å²) >= 11 is 0. The van der Waals surface area contributed by atoms with Crippen molar-refractivity contribution in [1.82, 2.24) is 20.4 Å². The molecule has 1 amide bonds. The molecule has 6 nitrogen and oxygen atoms in total. The van der Waals surface area contributed by atoms with Crippen LogP contribution < -0.4 is 10.6 Å². The normalized spacial score (nSPS) is 16.5. The number of aliphatic imine (C=N–C) groups is 1. The highest BCUT2D eigenvalue weighted by atomic mass is 16.2. The van der Waals surface area contributed by atoms with Crippen LogP contribution >= 0.6 is 0 Å². The molecule has 3 rings (SSSR count). The molecule has 0 saturated carbocycles. The summed E-state index contributed by atoms with van der Waals surface area (Å²) in [6.45, 7) is 5.34. The van der Waals surface area contributed by atoms with Crippen LogP contribution in [0.5, 0.6) is 0 Å². The number of piperidine rings is 1. The molecule has 166 valence electrons. The second-order valence-corrected chi connectivity index (χ2v) is 8.41. The van der Waals surface area contributed by atoms with Crippen molar-refractivity contribution in [2.24, 2.45) is 4.99 Å². The number of rotatable bonds is 7. The summed E-state index contributed by atoms with van der Waals surface area (Å²) in [6.07, 6.45) is 2.10. The van der Waals surface area contributed by atoms with E-state index in [1.807, 2.05) is 18.2 Å². The highest BCUT2D eigenvalue weighted by Gasteiger charge is 2.21. The number of guanidine groups is 1. The lowest BCUT2D eigenvalue weighted by atomic mass is 10.0. The van der Waals surface area contributed by atoms with Crippen LogP contribution in [0.2, 0.25) is 0 Å². The first-order valence-electron chi connectivity index (χ1n) is 11.1. The molecule has 1 aliphatic heterocycles. The van der Waals surface area contributed by atoms with E-state index in [2.05, 4.69) is 69.9 Å². The highest BCUT2D eigenvalue weighted by Crippen LogP contribution is 2.15. The summed E-state index contributed by atoms with van der Waals surface area (Å²) in [7, 11) is 3.51. The van der Waals surface area contributed by atoms with E-state index in [4.69, 9.17) is 0 Å². The Morgan fingerprint density at radius 2 is 1.68 bits per heavy atom. The van der Waals surface area contributed by atoms with Crippen molar-refractivity contribution < 1.29 is 4.79 Å². The molecule has 1 heterocycles. The van der Waals surface area contributed by atoms with E-state index >= 15 is 0 Å². The Morgan fingerprint density at radius 1 is 1.06 bits per heavy atom. The molecule has 6 heteroatoms. The van der Waals surface area contributed by atoms with Crippen molar-refractivity contribution in [2.75, 3.05) is 33.7 Å². The topological polar surface area (TPSA) is 60.0 Å². The second-order valence-electron chi connectivity index (χ2n) is 8.41. The lowest BCUT2D eigenvalue weighted by Gasteiger charge is -2.33. The summed E-state index contributed by atoms with van der Waals surface area (Å²) in [5.74, 6) is 0.694. The van der Waals surface area contributed by atoms with Gasteiger partial charge in [-0.3, -0.25) is 9.69 Å². The number of hydrogen-bond donors (Lipinski definition) is 2. The van der Waals surface area contributed by atoms with Crippen LogP contribution in [-0.4, -0.2) is 61.4 Å². The maximum absolute atomic E-state index is 12.1. The summed E-state index contributed by atoms with van der Waals surface area (Å²) < 4.78 is 0. The number of likely N-dealkylation sites (tertiary alicyclic amines) is 1. The number of likely N-dealkylation sites (N-methyl/N-ethyl adjacent to an activating group) is 1. The van der Waals surface area contributed by atoms with Gasteiger partial charge < -0.3 is 15.5 Å². The second kappa shape index (κ2) is 11.5. The van der Waals surface area contributed by atoms with Gasteiger partial charge in [-0.15, -0.1) is 0 Å². The minimum atomic E-state index is -0.00820. The van der Waals surface area contributed by atoms with E-state index in [0.717, 1.165) is 32.5 Å². The predicted octanol–water partition coefficient (Wildman–Crippen LogP) is 3.04. The van der Waals surface area contributed by atoms with Gasteiger partial charge in [0.1, 0.15) is 6.54 Å². The maximum Gasteiger partial charge on any atom is 0.243 e. The fourth-order valence-corrected chi connectivity index (χ4v) is 3.72. The molecule has 0 spiro atoms. The third kappa shape index (κ3) is 7.40. The molecule has 1 atom stereocenters. The number of hydrogen-bond acceptors (Lipinski definition) is 3. The quantitative estimate of drug-likeness (QED) is 0.533. The third-order valence-corrected chi connectivity index (χ3v) is 5.70. The number of nitrogens with zero attached hydrogens (tertiary/aromatic N) is 3. The predicted molar refractivity (Wildman–Crippen MR) is 127 cm³/mol. The van der Waals surface area contributed by atoms with E-state index in [9.17, 15) is 4.79 Å². The van der Waals surface area contributed by atoms with Crippen LogP contribution in [0.4, 0.5) is 0 Å². The Kier molecular flexibility index (Phi) is 8.47. The van der Waals surface area contributed by atoms with Crippen LogP contribution in [0, 0.1) is 0 Å². The Morgan fingerprint density at radius 3 is 2.29 bits per heavy atom. The summed E-state index contributed by atoms with van der Waals surface area (Å²) in [4.78, 5) is 20.7. The molecule has 1 fully saturated rings. The molecule has 1 unspecified atom stereocenters. The highest BCUT2D eigenvalue weighted by molar-refractivity contribution is 5.85. The molecule has 0 aromatic heterocycles. The fraction of sp³-hybridized carbons (Fsp3) is 0.440. The van der Waals surface area contributed by atoms with Crippen LogP contribution in [0.25, 0.3) is 0 Å². The molecule has 31 heavy (non-hydrogen) atoms. The van der Waals surface area contributed by atoms with Gasteiger partial charge in [0, 0.05) is 39.8 Å². The molecule has 0 radical (unpaired) electrons. The number of amides is 1. The van der Waals surface area contributed by atoms with Gasteiger partial charge in [-0.05, 0) is 30.9 Å². The van der Waals surface area contributed by atoms with E-state index in [1.54, 1.807) is 19.0 Å². The minimum absolute atomic E-state index is 0.00820. The number of benzene rings is 2. The fourth-order valence-electron chi connectivity index (χ4n) is 3.72. The molecule has 2 N–H and O–H groups in total. The van der Waals surface area contributed by atoms with Crippen LogP contribution in [0.3, 0.4) is 0 Å². The first kappa shape index (κ1) is 22.8. The number of carbonyl (C=O) groups is 1. The van der Waals surface area contributed by atoms with Gasteiger partial charge in [0.05, 0.1) is 6.04 Å². The average molecular weight is 422 g/mol. The van der Waals surface area contributed by atoms with Crippen LogP contribution in [0.1, 0.15) is 36.9 Å². The zero-order valence-electron chi connectivity index (χ0n) is 18.9. The van der Waals surface area contributed by atoms with Crippen molar-refractivity contribution in [2.45, 2.75) is 38.4 Å². The summed E-state index contributed by atoms with van der Waals surface area (Å²) in [5, 5.41) is 7.06. The van der Waals surface area contributed by atoms with Crippen LogP contribution in [0.15, 0.2) is 65.7 Å². The lowest BCUT2D eigenvalue weighted by molar-refractivity contribution is -0.127. The van der Waals surface area contributed by atoms with E-state index < -0.39 is 0 Å². The maximum atomic E-state index is 12.1. The molecule has 0 aliphatic carbocycles. The Hall–Kier alpha value is -2.86. The molecular weight excluding hydrogens is 386 g/mol. The van der Waals surface area contributed by atoms with E-state index in [-0.39, 0.29) is 18.5 Å². The molecule has 1 saturated heterocycles. The van der Waals surface area contributed by atoms with E-state index in [0.29, 0.717) is 12.0 Å². The Labute approximate surface area is 186 Å². The van der Waals surface area contributed by atoms with Crippen molar-refractivity contribution in [3.05, 3.63) is 71.8 Å². The summed E-state index contributed by atoms with van der Waals surface area (Å²) in [5.41, 5.74) is 2.55. The third-order valence-electron chi connectivity index (χ3n) is 5.70. The molecule has 2 aromatic carbocycles. The van der Waals surface area contributed by atoms with Gasteiger partial charge in [-0.25, -0.2) is 4.99 Å². The number of carbonyl (C=O) groups excluding carboxylic acids is 1. The average Bonchev–Trinajstić information content (AvgIpc) is 2.79. The molecule has 0 bridgehead atoms. The molecular formula is C25H35N5O. The van der Waals surface area contributed by atoms with Gasteiger partial charge in [-0.2, -0.15) is 0 Å². The first-order valence-corrected chi connectivity index (χ1v) is 11.1. The van der Waals surface area contributed by atoms with Crippen LogP contribution in [-0.2, 0) is 11.3 Å². The van der Waals surface area contributed by atoms with Gasteiger partial charge in [0.15, 0.2) is 5.96 Å². The van der Waals surface area contributed by atoms with E-state index in [1.165, 1.54) is 11.1 Å². The standard InChI is InChI=1S/C25H35N5O/c1-20(22-12-8-5-9-13-22)27-25(26-18-24(31)29(2)3)28-23-14-16-30(17-15-23)19-21-10-6-4-7-11-21/h4-13,20,23H,14-19H2,1-3H3,(H2,26,27,28). The van der Waals surface area contributed by atoms with Crippen molar-refractivity contribution in [3.63, 3.8) is 0 Å². The van der Waals surface area contributed by atoms with Crippen molar-refractivity contribution in [3.8, 4) is 0 Å². The van der Waals surface area contributed by atoms with Crippen molar-refractivity contribution >= 4 is 11.9 Å². The Balaban J connectivity index is 1.57. The summed E-state index contributed by atoms with van der Waals surface area (Å²) in [6, 6.07) is 21.4. The zero-order chi connectivity index (χ0) is 22.1. The number of nitrogens with one attached hydrogen (secondary N) is 2. The lowest BCUT2D eigenvalue weighted by Crippen LogP contribution is -2.49. The van der Waals surface area contributed by atoms with Crippen molar-refractivity contribution in [1.29, 1.82) is 0 Å². The molecule has 2 aromatic rings.